The molecular formula is C8H14O2. The summed E-state index contributed by atoms with van der Waals surface area (Å²) < 4.78 is 0. The molecule has 0 aliphatic rings. The highest BCUT2D eigenvalue weighted by molar-refractivity contribution is 5.08. The van der Waals surface area contributed by atoms with E-state index in [-0.39, 0.29) is 5.92 Å². The molecule has 58 valence electrons. The van der Waals surface area contributed by atoms with Crippen LogP contribution in [0.15, 0.2) is 0 Å². The fourth-order valence-corrected chi connectivity index (χ4v) is 0.734. The third kappa shape index (κ3) is 2.02. The molecule has 0 spiro atoms. The molecular weight excluding hydrogens is 128 g/mol. The van der Waals surface area contributed by atoms with Gasteiger partial charge >= 0.3 is 0 Å². The molecule has 2 N–H and O–H groups in total. The molecule has 0 radical (unpaired) electrons. The summed E-state index contributed by atoms with van der Waals surface area (Å²) in [4.78, 5) is 0. The van der Waals surface area contributed by atoms with Gasteiger partial charge in [-0.1, -0.05) is 19.8 Å². The Kier molecular flexibility index (Phi) is 2.89. The van der Waals surface area contributed by atoms with E-state index in [0.717, 1.165) is 0 Å². The first-order chi connectivity index (χ1) is 4.41. The van der Waals surface area contributed by atoms with Gasteiger partial charge in [-0.2, -0.15) is 0 Å². The van der Waals surface area contributed by atoms with E-state index in [1.807, 2.05) is 0 Å². The Morgan fingerprint density at radius 3 is 2.00 bits per heavy atom. The van der Waals surface area contributed by atoms with Crippen molar-refractivity contribution in [2.45, 2.75) is 32.5 Å². The molecule has 0 bridgehead atoms. The number of aliphatic hydroxyl groups is 2. The standard InChI is InChI=1S/C8H14O2/c1-5-8(4,10)7(9)6(2)3/h1,6-7,9-10H,2-4H3/t7-,8+/m1/s1. The average Bonchev–Trinajstić information content (AvgIpc) is 1.86. The van der Waals surface area contributed by atoms with Crippen molar-refractivity contribution < 1.29 is 10.2 Å². The number of aliphatic hydroxyl groups excluding tert-OH is 1. The summed E-state index contributed by atoms with van der Waals surface area (Å²) in [5.74, 6) is 2.11. The number of terminal acetylenes is 1. The Morgan fingerprint density at radius 2 is 1.90 bits per heavy atom. The molecule has 2 heteroatoms. The van der Waals surface area contributed by atoms with Crippen LogP contribution in [-0.2, 0) is 0 Å². The van der Waals surface area contributed by atoms with Crippen molar-refractivity contribution in [3.63, 3.8) is 0 Å². The Morgan fingerprint density at radius 1 is 1.50 bits per heavy atom. The van der Waals surface area contributed by atoms with Crippen LogP contribution in [0, 0.1) is 18.3 Å². The van der Waals surface area contributed by atoms with Crippen LogP contribution >= 0.6 is 0 Å². The van der Waals surface area contributed by atoms with E-state index in [1.165, 1.54) is 6.92 Å². The SMILES string of the molecule is C#C[C@](C)(O)[C@H](O)C(C)C. The van der Waals surface area contributed by atoms with Crippen LogP contribution in [-0.4, -0.2) is 21.9 Å². The molecule has 0 aromatic heterocycles. The van der Waals surface area contributed by atoms with E-state index in [4.69, 9.17) is 6.42 Å². The molecule has 2 nitrogen and oxygen atoms in total. The first kappa shape index (κ1) is 9.48. The highest BCUT2D eigenvalue weighted by atomic mass is 16.3. The summed E-state index contributed by atoms with van der Waals surface area (Å²) in [5, 5.41) is 18.5. The van der Waals surface area contributed by atoms with Gasteiger partial charge in [0, 0.05) is 0 Å². The molecule has 10 heavy (non-hydrogen) atoms. The van der Waals surface area contributed by atoms with Gasteiger partial charge in [-0.3, -0.25) is 0 Å². The fourth-order valence-electron chi connectivity index (χ4n) is 0.734. The van der Waals surface area contributed by atoms with Gasteiger partial charge < -0.3 is 10.2 Å². The monoisotopic (exact) mass is 142 g/mol. The van der Waals surface area contributed by atoms with Crippen LogP contribution in [0.1, 0.15) is 20.8 Å². The van der Waals surface area contributed by atoms with Crippen molar-refractivity contribution >= 4 is 0 Å². The second-order valence-corrected chi connectivity index (χ2v) is 2.98. The predicted molar refractivity (Wildman–Crippen MR) is 40.3 cm³/mol. The minimum Gasteiger partial charge on any atom is -0.389 e. The molecule has 0 rings (SSSR count). The van der Waals surface area contributed by atoms with Gasteiger partial charge in [0.15, 0.2) is 0 Å². The normalized spacial score (nSPS) is 19.7. The van der Waals surface area contributed by atoms with E-state index in [0.29, 0.717) is 0 Å². The molecule has 0 fully saturated rings. The topological polar surface area (TPSA) is 40.5 Å². The summed E-state index contributed by atoms with van der Waals surface area (Å²) in [5.41, 5.74) is -1.39. The number of rotatable bonds is 2. The van der Waals surface area contributed by atoms with E-state index in [1.54, 1.807) is 13.8 Å². The highest BCUT2D eigenvalue weighted by Crippen LogP contribution is 2.15. The zero-order chi connectivity index (χ0) is 8.36. The van der Waals surface area contributed by atoms with Crippen LogP contribution in [0.5, 0.6) is 0 Å². The highest BCUT2D eigenvalue weighted by Gasteiger charge is 2.29. The van der Waals surface area contributed by atoms with Crippen molar-refractivity contribution in [3.05, 3.63) is 0 Å². The second kappa shape index (κ2) is 3.05. The van der Waals surface area contributed by atoms with Crippen molar-refractivity contribution in [2.75, 3.05) is 0 Å². The average molecular weight is 142 g/mol. The van der Waals surface area contributed by atoms with Gasteiger partial charge in [0.1, 0.15) is 5.60 Å². The maximum atomic E-state index is 9.28. The summed E-state index contributed by atoms with van der Waals surface area (Å²) in [7, 11) is 0. The second-order valence-electron chi connectivity index (χ2n) is 2.98. The van der Waals surface area contributed by atoms with Gasteiger partial charge in [-0.05, 0) is 12.8 Å². The first-order valence-electron chi connectivity index (χ1n) is 3.30. The lowest BCUT2D eigenvalue weighted by atomic mass is 9.91. The van der Waals surface area contributed by atoms with Crippen LogP contribution < -0.4 is 0 Å². The molecule has 0 amide bonds. The largest absolute Gasteiger partial charge is 0.389 e. The number of hydrogen-bond acceptors (Lipinski definition) is 2. The van der Waals surface area contributed by atoms with E-state index >= 15 is 0 Å². The van der Waals surface area contributed by atoms with Gasteiger partial charge in [0.25, 0.3) is 0 Å². The molecule has 0 saturated carbocycles. The van der Waals surface area contributed by atoms with Crippen molar-refractivity contribution in [2.24, 2.45) is 5.92 Å². The molecule has 0 aliphatic carbocycles. The Bertz CT molecular complexity index is 142. The van der Waals surface area contributed by atoms with Crippen LogP contribution in [0.4, 0.5) is 0 Å². The summed E-state index contributed by atoms with van der Waals surface area (Å²) in [6.07, 6.45) is 4.14. The zero-order valence-electron chi connectivity index (χ0n) is 6.63. The van der Waals surface area contributed by atoms with Gasteiger partial charge in [0.2, 0.25) is 0 Å². The van der Waals surface area contributed by atoms with Crippen molar-refractivity contribution in [1.82, 2.24) is 0 Å². The summed E-state index contributed by atoms with van der Waals surface area (Å²) >= 11 is 0. The van der Waals surface area contributed by atoms with Crippen molar-refractivity contribution in [1.29, 1.82) is 0 Å². The zero-order valence-corrected chi connectivity index (χ0v) is 6.63. The lowest BCUT2D eigenvalue weighted by molar-refractivity contribution is -0.0430. The smallest absolute Gasteiger partial charge is 0.148 e. The third-order valence-corrected chi connectivity index (χ3v) is 1.50. The molecule has 0 saturated heterocycles. The molecule has 0 unspecified atom stereocenters. The minimum absolute atomic E-state index is 0.0222. The lowest BCUT2D eigenvalue weighted by Crippen LogP contribution is -2.41. The first-order valence-corrected chi connectivity index (χ1v) is 3.30. The maximum Gasteiger partial charge on any atom is 0.148 e. The Balaban J connectivity index is 4.22. The van der Waals surface area contributed by atoms with E-state index in [9.17, 15) is 10.2 Å². The van der Waals surface area contributed by atoms with Gasteiger partial charge in [-0.25, -0.2) is 0 Å². The van der Waals surface area contributed by atoms with Crippen LogP contribution in [0.2, 0.25) is 0 Å². The quantitative estimate of drug-likeness (QED) is 0.547. The molecule has 0 aromatic rings. The number of hydrogen-bond donors (Lipinski definition) is 2. The molecule has 0 heterocycles. The minimum atomic E-state index is -1.39. The summed E-state index contributed by atoms with van der Waals surface area (Å²) in [6.45, 7) is 5.03. The predicted octanol–water partition coefficient (Wildman–Crippen LogP) is 0.387. The Hall–Kier alpha value is -0.520. The van der Waals surface area contributed by atoms with Gasteiger partial charge in [0.05, 0.1) is 6.10 Å². The molecule has 0 aliphatic heterocycles. The Labute approximate surface area is 61.9 Å². The van der Waals surface area contributed by atoms with Crippen molar-refractivity contribution in [3.8, 4) is 12.3 Å². The summed E-state index contributed by atoms with van der Waals surface area (Å²) in [6, 6.07) is 0. The maximum absolute atomic E-state index is 9.28. The third-order valence-electron chi connectivity index (χ3n) is 1.50. The van der Waals surface area contributed by atoms with Crippen LogP contribution in [0.25, 0.3) is 0 Å². The molecule has 0 aromatic carbocycles. The van der Waals surface area contributed by atoms with E-state index in [2.05, 4.69) is 5.92 Å². The lowest BCUT2D eigenvalue weighted by Gasteiger charge is -2.26. The van der Waals surface area contributed by atoms with Crippen LogP contribution in [0.3, 0.4) is 0 Å². The molecule has 2 atom stereocenters. The van der Waals surface area contributed by atoms with Gasteiger partial charge in [-0.15, -0.1) is 6.42 Å². The van der Waals surface area contributed by atoms with E-state index < -0.39 is 11.7 Å². The fraction of sp³-hybridized carbons (Fsp3) is 0.750.